The summed E-state index contributed by atoms with van der Waals surface area (Å²) in [5.41, 5.74) is 0.868. The average Bonchev–Trinajstić information content (AvgIpc) is 2.93. The van der Waals surface area contributed by atoms with Crippen molar-refractivity contribution < 1.29 is 4.42 Å². The second-order valence-corrected chi connectivity index (χ2v) is 4.99. The monoisotopic (exact) mass is 282 g/mol. The van der Waals surface area contributed by atoms with Gasteiger partial charge in [-0.2, -0.15) is 0 Å². The van der Waals surface area contributed by atoms with Gasteiger partial charge in [0.05, 0.1) is 6.04 Å². The maximum Gasteiger partial charge on any atom is 0.250 e. The van der Waals surface area contributed by atoms with Crippen LogP contribution in [0.3, 0.4) is 0 Å². The van der Waals surface area contributed by atoms with Gasteiger partial charge < -0.3 is 14.3 Å². The molecule has 1 N–H and O–H groups in total. The first kappa shape index (κ1) is 13.6. The van der Waals surface area contributed by atoms with Crippen LogP contribution >= 0.6 is 0 Å². The van der Waals surface area contributed by atoms with Gasteiger partial charge in [-0.05, 0) is 24.7 Å². The van der Waals surface area contributed by atoms with E-state index in [1.165, 1.54) is 0 Å². The molecule has 2 heterocycles. The molecule has 0 spiro atoms. The van der Waals surface area contributed by atoms with Gasteiger partial charge in [0.1, 0.15) is 11.3 Å². The summed E-state index contributed by atoms with van der Waals surface area (Å²) in [5, 5.41) is 4.46. The van der Waals surface area contributed by atoms with Gasteiger partial charge >= 0.3 is 0 Å². The maximum atomic E-state index is 11.9. The number of furan rings is 1. The van der Waals surface area contributed by atoms with E-state index < -0.39 is 0 Å². The number of likely N-dealkylation sites (N-methyl/N-ethyl adjacent to an activating group) is 1. The quantitative estimate of drug-likeness (QED) is 0.782. The van der Waals surface area contributed by atoms with Crippen LogP contribution in [-0.2, 0) is 6.54 Å². The zero-order valence-electron chi connectivity index (χ0n) is 12.0. The van der Waals surface area contributed by atoms with Crippen LogP contribution in [-0.4, -0.2) is 11.1 Å². The molecular formula is C17H18N2O2. The Kier molecular flexibility index (Phi) is 3.88. The van der Waals surface area contributed by atoms with Gasteiger partial charge in [0.2, 0.25) is 0 Å². The number of hydrogen-bond donors (Lipinski definition) is 1. The summed E-state index contributed by atoms with van der Waals surface area (Å²) < 4.78 is 7.61. The number of para-hydroxylation sites is 1. The smallest absolute Gasteiger partial charge is 0.250 e. The molecule has 0 aliphatic heterocycles. The third-order valence-electron chi connectivity index (χ3n) is 3.52. The van der Waals surface area contributed by atoms with Crippen molar-refractivity contribution in [3.63, 3.8) is 0 Å². The van der Waals surface area contributed by atoms with Gasteiger partial charge in [0.15, 0.2) is 0 Å². The summed E-state index contributed by atoms with van der Waals surface area (Å²) in [7, 11) is 0. The molecule has 4 nitrogen and oxygen atoms in total. The molecular weight excluding hydrogens is 264 g/mol. The lowest BCUT2D eigenvalue weighted by Crippen LogP contribution is -2.29. The number of benzene rings is 1. The largest absolute Gasteiger partial charge is 0.459 e. The molecule has 0 amide bonds. The molecule has 1 aromatic carbocycles. The number of hydrogen-bond acceptors (Lipinski definition) is 3. The molecule has 1 unspecified atom stereocenters. The number of pyridine rings is 1. The number of nitrogens with zero attached hydrogens (tertiary/aromatic N) is 1. The van der Waals surface area contributed by atoms with E-state index in [2.05, 4.69) is 5.32 Å². The van der Waals surface area contributed by atoms with Crippen molar-refractivity contribution in [1.29, 1.82) is 0 Å². The average molecular weight is 282 g/mol. The molecule has 4 heteroatoms. The number of nitrogens with one attached hydrogen (secondary N) is 1. The minimum atomic E-state index is -0.0255. The highest BCUT2D eigenvalue weighted by Crippen LogP contribution is 2.24. The lowest BCUT2D eigenvalue weighted by atomic mass is 10.2. The Bertz CT molecular complexity index is 755. The number of rotatable bonds is 5. The zero-order chi connectivity index (χ0) is 14.7. The Balaban J connectivity index is 1.94. The summed E-state index contributed by atoms with van der Waals surface area (Å²) in [6.07, 6.45) is 1.80. The standard InChI is InChI=1S/C17H18N2O2/c1-2-18-14(12-19-10-6-5-9-17(19)20)16-11-13-7-3-4-8-15(13)21-16/h3-11,14,18H,2,12H2,1H3. The van der Waals surface area contributed by atoms with Crippen molar-refractivity contribution in [2.75, 3.05) is 6.54 Å². The van der Waals surface area contributed by atoms with Crippen molar-refractivity contribution in [2.24, 2.45) is 0 Å². The van der Waals surface area contributed by atoms with Crippen LogP contribution in [0.2, 0.25) is 0 Å². The molecule has 0 aliphatic carbocycles. The number of aromatic nitrogens is 1. The normalized spacial score (nSPS) is 12.6. The molecule has 108 valence electrons. The van der Waals surface area contributed by atoms with Crippen LogP contribution in [0.4, 0.5) is 0 Å². The van der Waals surface area contributed by atoms with Crippen molar-refractivity contribution in [3.8, 4) is 0 Å². The van der Waals surface area contributed by atoms with E-state index in [-0.39, 0.29) is 11.6 Å². The van der Waals surface area contributed by atoms with E-state index in [0.717, 1.165) is 23.3 Å². The molecule has 0 radical (unpaired) electrons. The van der Waals surface area contributed by atoms with E-state index in [1.54, 1.807) is 22.9 Å². The van der Waals surface area contributed by atoms with Crippen molar-refractivity contribution in [3.05, 3.63) is 70.8 Å². The second-order valence-electron chi connectivity index (χ2n) is 4.99. The fourth-order valence-corrected chi connectivity index (χ4v) is 2.48. The molecule has 0 saturated carbocycles. The second kappa shape index (κ2) is 5.97. The minimum absolute atomic E-state index is 0.00323. The van der Waals surface area contributed by atoms with Gasteiger partial charge in [-0.1, -0.05) is 31.2 Å². The summed E-state index contributed by atoms with van der Waals surface area (Å²) in [6, 6.07) is 15.1. The Labute approximate surface area is 123 Å². The Morgan fingerprint density at radius 2 is 2.00 bits per heavy atom. The molecule has 0 fully saturated rings. The third-order valence-corrected chi connectivity index (χ3v) is 3.52. The first-order valence-electron chi connectivity index (χ1n) is 7.15. The van der Waals surface area contributed by atoms with E-state index in [0.29, 0.717) is 6.54 Å². The molecule has 3 rings (SSSR count). The molecule has 0 aliphatic rings. The summed E-state index contributed by atoms with van der Waals surface area (Å²) >= 11 is 0. The first-order valence-corrected chi connectivity index (χ1v) is 7.15. The highest BCUT2D eigenvalue weighted by molar-refractivity contribution is 5.77. The van der Waals surface area contributed by atoms with Crippen molar-refractivity contribution >= 4 is 11.0 Å². The van der Waals surface area contributed by atoms with E-state index >= 15 is 0 Å². The van der Waals surface area contributed by atoms with Gasteiger partial charge in [-0.25, -0.2) is 0 Å². The lowest BCUT2D eigenvalue weighted by molar-refractivity contribution is 0.392. The van der Waals surface area contributed by atoms with Crippen LogP contribution in [0.15, 0.2) is 63.9 Å². The molecule has 1 atom stereocenters. The lowest BCUT2D eigenvalue weighted by Gasteiger charge is -2.16. The molecule has 3 aromatic rings. The van der Waals surface area contributed by atoms with E-state index in [1.807, 2.05) is 43.3 Å². The van der Waals surface area contributed by atoms with Crippen LogP contribution in [0.25, 0.3) is 11.0 Å². The zero-order valence-corrected chi connectivity index (χ0v) is 12.0. The maximum absolute atomic E-state index is 11.9. The van der Waals surface area contributed by atoms with Crippen LogP contribution in [0, 0.1) is 0 Å². The van der Waals surface area contributed by atoms with Gasteiger partial charge in [-0.3, -0.25) is 4.79 Å². The minimum Gasteiger partial charge on any atom is -0.459 e. The van der Waals surface area contributed by atoms with Crippen LogP contribution in [0.5, 0.6) is 0 Å². The summed E-state index contributed by atoms with van der Waals surface area (Å²) in [4.78, 5) is 11.9. The highest BCUT2D eigenvalue weighted by Gasteiger charge is 2.16. The Morgan fingerprint density at radius 1 is 1.19 bits per heavy atom. The Morgan fingerprint density at radius 3 is 2.76 bits per heavy atom. The highest BCUT2D eigenvalue weighted by atomic mass is 16.3. The van der Waals surface area contributed by atoms with E-state index in [4.69, 9.17) is 4.42 Å². The van der Waals surface area contributed by atoms with Crippen LogP contribution in [0.1, 0.15) is 18.7 Å². The topological polar surface area (TPSA) is 47.2 Å². The van der Waals surface area contributed by atoms with Gasteiger partial charge in [-0.15, -0.1) is 0 Å². The summed E-state index contributed by atoms with van der Waals surface area (Å²) in [5.74, 6) is 0.855. The third kappa shape index (κ3) is 2.90. The van der Waals surface area contributed by atoms with E-state index in [9.17, 15) is 4.79 Å². The predicted molar refractivity (Wildman–Crippen MR) is 83.3 cm³/mol. The fraction of sp³-hybridized carbons (Fsp3) is 0.235. The molecule has 2 aromatic heterocycles. The van der Waals surface area contributed by atoms with Crippen LogP contribution < -0.4 is 10.9 Å². The molecule has 21 heavy (non-hydrogen) atoms. The summed E-state index contributed by atoms with van der Waals surface area (Å²) in [6.45, 7) is 3.40. The molecule has 0 saturated heterocycles. The van der Waals surface area contributed by atoms with Crippen molar-refractivity contribution in [2.45, 2.75) is 19.5 Å². The van der Waals surface area contributed by atoms with Gasteiger partial charge in [0, 0.05) is 24.2 Å². The Hall–Kier alpha value is -2.33. The van der Waals surface area contributed by atoms with Crippen molar-refractivity contribution in [1.82, 2.24) is 9.88 Å². The first-order chi connectivity index (χ1) is 10.3. The van der Waals surface area contributed by atoms with Gasteiger partial charge in [0.25, 0.3) is 5.56 Å². The molecule has 0 bridgehead atoms. The fourth-order valence-electron chi connectivity index (χ4n) is 2.48. The SMILES string of the molecule is CCNC(Cn1ccccc1=O)c1cc2ccccc2o1. The number of fused-ring (bicyclic) bond motifs is 1. The predicted octanol–water partition coefficient (Wildman–Crippen LogP) is 2.95.